The van der Waals surface area contributed by atoms with Crippen molar-refractivity contribution in [3.63, 3.8) is 0 Å². The Balaban J connectivity index is 1.54. The molecular weight excluding hydrogens is 352 g/mol. The van der Waals surface area contributed by atoms with Crippen LogP contribution in [0.4, 0.5) is 0 Å². The normalized spacial score (nSPS) is 18.6. The highest BCUT2D eigenvalue weighted by Crippen LogP contribution is 2.20. The lowest BCUT2D eigenvalue weighted by Gasteiger charge is -2.32. The summed E-state index contributed by atoms with van der Waals surface area (Å²) in [4.78, 5) is 12.4. The number of piperidine rings is 1. The van der Waals surface area contributed by atoms with E-state index in [2.05, 4.69) is 10.4 Å². The van der Waals surface area contributed by atoms with Gasteiger partial charge in [0.1, 0.15) is 6.04 Å². The molecule has 1 aliphatic rings. The van der Waals surface area contributed by atoms with E-state index in [0.29, 0.717) is 25.9 Å². The van der Waals surface area contributed by atoms with Crippen molar-refractivity contribution in [2.45, 2.75) is 31.7 Å². The molecule has 0 bridgehead atoms. The predicted octanol–water partition coefficient (Wildman–Crippen LogP) is 1.35. The molecule has 140 valence electrons. The highest BCUT2D eigenvalue weighted by atomic mass is 32.2. The monoisotopic (exact) mass is 376 g/mol. The van der Waals surface area contributed by atoms with Gasteiger partial charge < -0.3 is 5.32 Å². The van der Waals surface area contributed by atoms with E-state index in [4.69, 9.17) is 0 Å². The summed E-state index contributed by atoms with van der Waals surface area (Å²) in [6.45, 7) is 0.844. The minimum absolute atomic E-state index is 0.224. The van der Waals surface area contributed by atoms with Gasteiger partial charge in [-0.1, -0.05) is 24.6 Å². The maximum Gasteiger partial charge on any atom is 0.238 e. The zero-order chi connectivity index (χ0) is 18.6. The van der Waals surface area contributed by atoms with Gasteiger partial charge >= 0.3 is 0 Å². The zero-order valence-corrected chi connectivity index (χ0v) is 15.7. The summed E-state index contributed by atoms with van der Waals surface area (Å²) in [5.41, 5.74) is 1.85. The average Bonchev–Trinajstić information content (AvgIpc) is 3.10. The summed E-state index contributed by atoms with van der Waals surface area (Å²) in [7, 11) is -3.37. The summed E-state index contributed by atoms with van der Waals surface area (Å²) >= 11 is 0. The number of para-hydroxylation sites is 1. The Morgan fingerprint density at radius 2 is 2.00 bits per heavy atom. The second-order valence-corrected chi connectivity index (χ2v) is 8.45. The number of carbonyl (C=O) groups excluding carboxylic acids is 1. The number of sulfonamides is 1. The molecule has 3 rings (SSSR count). The van der Waals surface area contributed by atoms with Crippen LogP contribution in [0.25, 0.3) is 5.69 Å². The van der Waals surface area contributed by atoms with Crippen molar-refractivity contribution in [2.24, 2.45) is 0 Å². The minimum Gasteiger partial charge on any atom is -0.354 e. The molecule has 1 aromatic carbocycles. The highest BCUT2D eigenvalue weighted by molar-refractivity contribution is 7.88. The summed E-state index contributed by atoms with van der Waals surface area (Å²) in [6.07, 6.45) is 5.88. The van der Waals surface area contributed by atoms with Gasteiger partial charge in [-0.05, 0) is 31.0 Å². The molecule has 1 atom stereocenters. The van der Waals surface area contributed by atoms with Crippen LogP contribution in [0.3, 0.4) is 0 Å². The topological polar surface area (TPSA) is 84.3 Å². The first-order valence-electron chi connectivity index (χ1n) is 8.79. The lowest BCUT2D eigenvalue weighted by Crippen LogP contribution is -2.51. The summed E-state index contributed by atoms with van der Waals surface area (Å²) in [5, 5.41) is 7.36. The molecule has 8 heteroatoms. The largest absolute Gasteiger partial charge is 0.354 e. The van der Waals surface area contributed by atoms with E-state index >= 15 is 0 Å². The standard InChI is InChI=1S/C18H24N4O3S/c1-26(24,25)22-13-6-5-9-17(22)18(23)19-12-10-15-11-14-21(20-15)16-7-3-2-4-8-16/h2-4,7-8,11,14,17H,5-6,9-10,12-13H2,1H3,(H,19,23). The Morgan fingerprint density at radius 3 is 2.73 bits per heavy atom. The first kappa shape index (κ1) is 18.6. The Labute approximate surface area is 154 Å². The summed E-state index contributed by atoms with van der Waals surface area (Å²) in [5.74, 6) is -0.224. The highest BCUT2D eigenvalue weighted by Gasteiger charge is 2.34. The average molecular weight is 376 g/mol. The molecule has 1 unspecified atom stereocenters. The molecule has 7 nitrogen and oxygen atoms in total. The van der Waals surface area contributed by atoms with Crippen molar-refractivity contribution < 1.29 is 13.2 Å². The van der Waals surface area contributed by atoms with Gasteiger partial charge in [-0.2, -0.15) is 9.40 Å². The van der Waals surface area contributed by atoms with Crippen LogP contribution in [-0.4, -0.2) is 53.8 Å². The Hall–Kier alpha value is -2.19. The van der Waals surface area contributed by atoms with Gasteiger partial charge in [-0.15, -0.1) is 0 Å². The Bertz CT molecular complexity index is 848. The zero-order valence-electron chi connectivity index (χ0n) is 14.8. The summed E-state index contributed by atoms with van der Waals surface area (Å²) < 4.78 is 26.8. The first-order chi connectivity index (χ1) is 12.4. The van der Waals surface area contributed by atoms with E-state index in [0.717, 1.165) is 30.5 Å². The van der Waals surface area contributed by atoms with Gasteiger partial charge in [0.05, 0.1) is 17.6 Å². The fraction of sp³-hybridized carbons (Fsp3) is 0.444. The van der Waals surface area contributed by atoms with Gasteiger partial charge in [-0.3, -0.25) is 4.79 Å². The van der Waals surface area contributed by atoms with Gasteiger partial charge in [-0.25, -0.2) is 13.1 Å². The number of aromatic nitrogens is 2. The molecule has 1 fully saturated rings. The number of nitrogens with one attached hydrogen (secondary N) is 1. The third-order valence-corrected chi connectivity index (χ3v) is 5.82. The molecule has 0 spiro atoms. The maximum atomic E-state index is 12.4. The number of hydrogen-bond acceptors (Lipinski definition) is 4. The SMILES string of the molecule is CS(=O)(=O)N1CCCCC1C(=O)NCCc1ccn(-c2ccccc2)n1. The van der Waals surface area contributed by atoms with Crippen molar-refractivity contribution in [1.29, 1.82) is 0 Å². The molecule has 2 heterocycles. The number of nitrogens with zero attached hydrogens (tertiary/aromatic N) is 3. The van der Waals surface area contributed by atoms with E-state index in [1.807, 2.05) is 42.6 Å². The van der Waals surface area contributed by atoms with Gasteiger partial charge in [0.25, 0.3) is 0 Å². The fourth-order valence-electron chi connectivity index (χ4n) is 3.22. The predicted molar refractivity (Wildman–Crippen MR) is 99.5 cm³/mol. The quantitative estimate of drug-likeness (QED) is 0.825. The lowest BCUT2D eigenvalue weighted by atomic mass is 10.0. The fourth-order valence-corrected chi connectivity index (χ4v) is 4.34. The number of carbonyl (C=O) groups is 1. The molecule has 1 amide bonds. The van der Waals surface area contributed by atoms with E-state index in [1.165, 1.54) is 4.31 Å². The van der Waals surface area contributed by atoms with Gasteiger partial charge in [0.15, 0.2) is 0 Å². The van der Waals surface area contributed by atoms with Gasteiger partial charge in [0.2, 0.25) is 15.9 Å². The molecule has 0 aliphatic carbocycles. The van der Waals surface area contributed by atoms with Crippen LogP contribution in [0.15, 0.2) is 42.6 Å². The first-order valence-corrected chi connectivity index (χ1v) is 10.6. The van der Waals surface area contributed by atoms with Crippen LogP contribution in [0.2, 0.25) is 0 Å². The van der Waals surface area contributed by atoms with Crippen LogP contribution >= 0.6 is 0 Å². The molecule has 0 radical (unpaired) electrons. The number of amides is 1. The van der Waals surface area contributed by atoms with E-state index in [9.17, 15) is 13.2 Å². The molecule has 26 heavy (non-hydrogen) atoms. The van der Waals surface area contributed by atoms with Crippen LogP contribution in [0, 0.1) is 0 Å². The van der Waals surface area contributed by atoms with Crippen molar-refractivity contribution in [2.75, 3.05) is 19.3 Å². The van der Waals surface area contributed by atoms with Gasteiger partial charge in [0, 0.05) is 25.7 Å². The Kier molecular flexibility index (Phi) is 5.73. The Morgan fingerprint density at radius 1 is 1.23 bits per heavy atom. The molecular formula is C18H24N4O3S. The molecule has 2 aromatic rings. The summed E-state index contributed by atoms with van der Waals surface area (Å²) in [6, 6.07) is 11.1. The maximum absolute atomic E-state index is 12.4. The van der Waals surface area contributed by atoms with Crippen LogP contribution < -0.4 is 5.32 Å². The molecule has 1 N–H and O–H groups in total. The third kappa shape index (κ3) is 4.50. The van der Waals surface area contributed by atoms with E-state index < -0.39 is 16.1 Å². The van der Waals surface area contributed by atoms with Crippen LogP contribution in [-0.2, 0) is 21.2 Å². The van der Waals surface area contributed by atoms with Crippen molar-refractivity contribution >= 4 is 15.9 Å². The lowest BCUT2D eigenvalue weighted by molar-refractivity contribution is -0.125. The van der Waals surface area contributed by atoms with E-state index in [-0.39, 0.29) is 5.91 Å². The molecule has 0 saturated carbocycles. The molecule has 1 saturated heterocycles. The second-order valence-electron chi connectivity index (χ2n) is 6.51. The van der Waals surface area contributed by atoms with Crippen molar-refractivity contribution in [3.8, 4) is 5.69 Å². The van der Waals surface area contributed by atoms with Crippen LogP contribution in [0.5, 0.6) is 0 Å². The van der Waals surface area contributed by atoms with Crippen LogP contribution in [0.1, 0.15) is 25.0 Å². The van der Waals surface area contributed by atoms with Crippen molar-refractivity contribution in [3.05, 3.63) is 48.3 Å². The smallest absolute Gasteiger partial charge is 0.238 e. The third-order valence-electron chi connectivity index (χ3n) is 4.53. The number of hydrogen-bond donors (Lipinski definition) is 1. The molecule has 1 aliphatic heterocycles. The van der Waals surface area contributed by atoms with Crippen molar-refractivity contribution in [1.82, 2.24) is 19.4 Å². The number of benzene rings is 1. The van der Waals surface area contributed by atoms with E-state index in [1.54, 1.807) is 4.68 Å². The molecule has 1 aromatic heterocycles. The minimum atomic E-state index is -3.37. The second kappa shape index (κ2) is 8.01. The number of rotatable bonds is 6.